The lowest BCUT2D eigenvalue weighted by atomic mass is 10.2. The van der Waals surface area contributed by atoms with Crippen LogP contribution >= 0.6 is 50.5 Å². The van der Waals surface area contributed by atoms with Gasteiger partial charge in [0.25, 0.3) is 0 Å². The molecule has 4 rings (SSSR count). The van der Waals surface area contributed by atoms with E-state index in [2.05, 4.69) is 20.9 Å². The van der Waals surface area contributed by atoms with Gasteiger partial charge in [-0.25, -0.2) is 9.79 Å². The zero-order chi connectivity index (χ0) is 19.1. The Morgan fingerprint density at radius 1 is 1.22 bits per heavy atom. The van der Waals surface area contributed by atoms with Gasteiger partial charge in [-0.3, -0.25) is 0 Å². The fourth-order valence-electron chi connectivity index (χ4n) is 2.64. The number of thiophene rings is 1. The van der Waals surface area contributed by atoms with Crippen molar-refractivity contribution in [3.05, 3.63) is 67.1 Å². The van der Waals surface area contributed by atoms with Crippen molar-refractivity contribution in [2.75, 3.05) is 7.11 Å². The fraction of sp³-hybridized carbons (Fsp3) is 0.0526. The van der Waals surface area contributed by atoms with E-state index in [9.17, 15) is 4.79 Å². The summed E-state index contributed by atoms with van der Waals surface area (Å²) in [4.78, 5) is 17.1. The van der Waals surface area contributed by atoms with Crippen molar-refractivity contribution in [2.24, 2.45) is 4.99 Å². The summed E-state index contributed by atoms with van der Waals surface area (Å²) < 4.78 is 12.2. The van der Waals surface area contributed by atoms with Gasteiger partial charge in [-0.15, -0.1) is 11.3 Å². The number of hydrogen-bond donors (Lipinski definition) is 0. The first kappa shape index (κ1) is 18.5. The highest BCUT2D eigenvalue weighted by molar-refractivity contribution is 9.10. The standard InChI is InChI=1S/C19H10BrCl2NO3S/c1-25-13-6-5-11-14(21)17(27-16(11)15(13)22)18-23-12(19(24)26-18)8-9-3-2-4-10(20)7-9/h2-8H,1H3/b12-8-. The van der Waals surface area contributed by atoms with E-state index in [1.54, 1.807) is 19.3 Å². The van der Waals surface area contributed by atoms with Crippen LogP contribution in [-0.2, 0) is 9.53 Å². The van der Waals surface area contributed by atoms with Crippen LogP contribution in [0.4, 0.5) is 0 Å². The second-order valence-electron chi connectivity index (χ2n) is 5.59. The normalized spacial score (nSPS) is 15.3. The minimum absolute atomic E-state index is 0.169. The molecular formula is C19H10BrCl2NO3S. The minimum atomic E-state index is -0.526. The van der Waals surface area contributed by atoms with E-state index < -0.39 is 5.97 Å². The lowest BCUT2D eigenvalue weighted by Gasteiger charge is -2.02. The van der Waals surface area contributed by atoms with Gasteiger partial charge in [-0.05, 0) is 35.9 Å². The number of nitrogens with zero attached hydrogens (tertiary/aromatic N) is 1. The number of cyclic esters (lactones) is 1. The summed E-state index contributed by atoms with van der Waals surface area (Å²) in [5, 5.41) is 1.66. The molecule has 1 aromatic heterocycles. The number of esters is 1. The molecule has 0 radical (unpaired) electrons. The molecule has 27 heavy (non-hydrogen) atoms. The average molecular weight is 483 g/mol. The Kier molecular flexibility index (Phi) is 4.99. The van der Waals surface area contributed by atoms with Crippen molar-refractivity contribution in [1.82, 2.24) is 0 Å². The highest BCUT2D eigenvalue weighted by atomic mass is 79.9. The van der Waals surface area contributed by atoms with Crippen LogP contribution in [0.1, 0.15) is 10.4 Å². The molecule has 2 heterocycles. The lowest BCUT2D eigenvalue weighted by molar-refractivity contribution is -0.129. The summed E-state index contributed by atoms with van der Waals surface area (Å²) >= 11 is 17.6. The van der Waals surface area contributed by atoms with Gasteiger partial charge in [-0.1, -0.05) is 51.3 Å². The molecule has 0 aliphatic carbocycles. The molecule has 0 spiro atoms. The van der Waals surface area contributed by atoms with Crippen LogP contribution in [0.3, 0.4) is 0 Å². The Balaban J connectivity index is 1.79. The van der Waals surface area contributed by atoms with Crippen LogP contribution in [0.25, 0.3) is 16.2 Å². The van der Waals surface area contributed by atoms with Crippen molar-refractivity contribution in [2.45, 2.75) is 0 Å². The van der Waals surface area contributed by atoms with Gasteiger partial charge in [0.05, 0.1) is 16.8 Å². The van der Waals surface area contributed by atoms with Crippen LogP contribution in [-0.4, -0.2) is 19.0 Å². The van der Waals surface area contributed by atoms with Crippen LogP contribution in [0.15, 0.2) is 51.6 Å². The molecule has 8 heteroatoms. The first-order valence-electron chi connectivity index (χ1n) is 7.71. The molecule has 3 aromatic rings. The number of aliphatic imine (C=N–C) groups is 1. The second kappa shape index (κ2) is 7.28. The number of fused-ring (bicyclic) bond motifs is 1. The number of benzene rings is 2. The highest BCUT2D eigenvalue weighted by Gasteiger charge is 2.28. The van der Waals surface area contributed by atoms with Gasteiger partial charge in [0.1, 0.15) is 15.6 Å². The first-order valence-corrected chi connectivity index (χ1v) is 10.1. The summed E-state index contributed by atoms with van der Waals surface area (Å²) in [5.41, 5.74) is 1.04. The Hall–Kier alpha value is -1.86. The van der Waals surface area contributed by atoms with Crippen molar-refractivity contribution in [3.8, 4) is 5.75 Å². The van der Waals surface area contributed by atoms with Crippen LogP contribution in [0.5, 0.6) is 5.75 Å². The van der Waals surface area contributed by atoms with E-state index >= 15 is 0 Å². The van der Waals surface area contributed by atoms with Crippen LogP contribution < -0.4 is 4.74 Å². The number of ether oxygens (including phenoxy) is 2. The third-order valence-corrected chi connectivity index (χ3v) is 6.58. The van der Waals surface area contributed by atoms with Gasteiger partial charge in [0.15, 0.2) is 5.70 Å². The molecule has 0 fully saturated rings. The number of carbonyl (C=O) groups excluding carboxylic acids is 1. The molecule has 0 bridgehead atoms. The van der Waals surface area contributed by atoms with E-state index in [0.29, 0.717) is 20.7 Å². The van der Waals surface area contributed by atoms with Crippen molar-refractivity contribution in [1.29, 1.82) is 0 Å². The van der Waals surface area contributed by atoms with Crippen LogP contribution in [0, 0.1) is 0 Å². The smallest absolute Gasteiger partial charge is 0.363 e. The molecule has 0 N–H and O–H groups in total. The quantitative estimate of drug-likeness (QED) is 0.324. The SMILES string of the molecule is COc1ccc2c(Cl)c(C3=N/C(=C\c4cccc(Br)c4)C(=O)O3)sc2c1Cl. The Bertz CT molecular complexity index is 1150. The molecule has 0 unspecified atom stereocenters. The summed E-state index contributed by atoms with van der Waals surface area (Å²) in [6.07, 6.45) is 1.66. The van der Waals surface area contributed by atoms with Gasteiger partial charge >= 0.3 is 5.97 Å². The van der Waals surface area contributed by atoms with E-state index in [-0.39, 0.29) is 11.6 Å². The van der Waals surface area contributed by atoms with E-state index in [1.165, 1.54) is 11.3 Å². The van der Waals surface area contributed by atoms with E-state index in [1.807, 2.05) is 30.3 Å². The molecule has 0 saturated carbocycles. The van der Waals surface area contributed by atoms with Crippen LogP contribution in [0.2, 0.25) is 10.0 Å². The van der Waals surface area contributed by atoms with E-state index in [4.69, 9.17) is 32.7 Å². The third-order valence-electron chi connectivity index (χ3n) is 3.89. The lowest BCUT2D eigenvalue weighted by Crippen LogP contribution is -2.04. The molecule has 1 aliphatic heterocycles. The van der Waals surface area contributed by atoms with Gasteiger partial charge in [-0.2, -0.15) is 0 Å². The maximum Gasteiger partial charge on any atom is 0.363 e. The second-order valence-corrected chi connectivity index (χ2v) is 8.29. The summed E-state index contributed by atoms with van der Waals surface area (Å²) in [6.45, 7) is 0. The summed E-state index contributed by atoms with van der Waals surface area (Å²) in [7, 11) is 1.55. The Labute approximate surface area is 177 Å². The monoisotopic (exact) mass is 481 g/mol. The maximum atomic E-state index is 12.2. The molecule has 0 amide bonds. The van der Waals surface area contributed by atoms with Crippen molar-refractivity contribution >= 4 is 78.5 Å². The highest BCUT2D eigenvalue weighted by Crippen LogP contribution is 2.44. The van der Waals surface area contributed by atoms with E-state index in [0.717, 1.165) is 20.1 Å². The summed E-state index contributed by atoms with van der Waals surface area (Å²) in [5.74, 6) is 0.193. The first-order chi connectivity index (χ1) is 13.0. The largest absolute Gasteiger partial charge is 0.495 e. The number of carbonyl (C=O) groups is 1. The summed E-state index contributed by atoms with van der Waals surface area (Å²) in [6, 6.07) is 11.1. The molecule has 2 aromatic carbocycles. The molecular weight excluding hydrogens is 473 g/mol. The Morgan fingerprint density at radius 3 is 2.78 bits per heavy atom. The van der Waals surface area contributed by atoms with Gasteiger partial charge < -0.3 is 9.47 Å². The van der Waals surface area contributed by atoms with Crippen molar-refractivity contribution < 1.29 is 14.3 Å². The zero-order valence-electron chi connectivity index (χ0n) is 13.8. The van der Waals surface area contributed by atoms with Gasteiger partial charge in [0.2, 0.25) is 5.90 Å². The number of rotatable bonds is 3. The molecule has 136 valence electrons. The molecule has 0 atom stereocenters. The molecule has 0 saturated heterocycles. The predicted octanol–water partition coefficient (Wildman–Crippen LogP) is 6.32. The topological polar surface area (TPSA) is 47.9 Å². The minimum Gasteiger partial charge on any atom is -0.495 e. The molecule has 1 aliphatic rings. The van der Waals surface area contributed by atoms with Gasteiger partial charge in [0, 0.05) is 9.86 Å². The number of halogens is 3. The number of methoxy groups -OCH3 is 1. The molecule has 4 nitrogen and oxygen atoms in total. The fourth-order valence-corrected chi connectivity index (χ4v) is 4.87. The Morgan fingerprint density at radius 2 is 2.04 bits per heavy atom. The average Bonchev–Trinajstić information content (AvgIpc) is 3.16. The predicted molar refractivity (Wildman–Crippen MR) is 113 cm³/mol. The maximum absolute atomic E-state index is 12.2. The number of hydrogen-bond acceptors (Lipinski definition) is 5. The van der Waals surface area contributed by atoms with Crippen molar-refractivity contribution in [3.63, 3.8) is 0 Å². The zero-order valence-corrected chi connectivity index (χ0v) is 17.7. The third kappa shape index (κ3) is 3.38.